The molecule has 76 valence electrons. The molecule has 2 nitrogen and oxygen atoms in total. The molecule has 0 heterocycles. The Labute approximate surface area is 85.5 Å². The van der Waals surface area contributed by atoms with Gasteiger partial charge >= 0.3 is 6.18 Å². The molecule has 0 N–H and O–H groups in total. The van der Waals surface area contributed by atoms with E-state index in [2.05, 4.69) is 15.9 Å². The first kappa shape index (κ1) is 11.0. The van der Waals surface area contributed by atoms with Gasteiger partial charge in [0, 0.05) is 10.0 Å². The number of hydrogen-bond donors (Lipinski definition) is 0. The SMILES string of the molecule is O=C([O-])c1c(Br)cccc1C(F)(F)F. The summed E-state index contributed by atoms with van der Waals surface area (Å²) >= 11 is 2.72. The summed E-state index contributed by atoms with van der Waals surface area (Å²) in [5.74, 6) is -1.86. The first-order valence-corrected chi connectivity index (χ1v) is 4.20. The number of halogens is 4. The van der Waals surface area contributed by atoms with Crippen molar-refractivity contribution in [2.24, 2.45) is 0 Å². The van der Waals surface area contributed by atoms with E-state index in [4.69, 9.17) is 0 Å². The summed E-state index contributed by atoms with van der Waals surface area (Å²) < 4.78 is 36.7. The minimum Gasteiger partial charge on any atom is -0.545 e. The van der Waals surface area contributed by atoms with Gasteiger partial charge in [0.2, 0.25) is 0 Å². The van der Waals surface area contributed by atoms with Crippen LogP contribution in [-0.2, 0) is 6.18 Å². The van der Waals surface area contributed by atoms with E-state index in [0.29, 0.717) is 6.07 Å². The van der Waals surface area contributed by atoms with Crippen LogP contribution in [0.1, 0.15) is 15.9 Å². The fourth-order valence-corrected chi connectivity index (χ4v) is 1.50. The Hall–Kier alpha value is -1.04. The molecule has 0 radical (unpaired) electrons. The number of carboxylic acid groups (broad SMARTS) is 1. The summed E-state index contributed by atoms with van der Waals surface area (Å²) in [6.07, 6.45) is -4.70. The fourth-order valence-electron chi connectivity index (χ4n) is 0.968. The second-order valence-corrected chi connectivity index (χ2v) is 3.30. The van der Waals surface area contributed by atoms with E-state index in [1.165, 1.54) is 6.07 Å². The van der Waals surface area contributed by atoms with Crippen molar-refractivity contribution >= 4 is 21.9 Å². The summed E-state index contributed by atoms with van der Waals surface area (Å²) in [6.45, 7) is 0. The van der Waals surface area contributed by atoms with Crippen LogP contribution in [0.15, 0.2) is 22.7 Å². The molecule has 0 bridgehead atoms. The summed E-state index contributed by atoms with van der Waals surface area (Å²) in [4.78, 5) is 10.4. The van der Waals surface area contributed by atoms with Gasteiger partial charge in [0.25, 0.3) is 0 Å². The van der Waals surface area contributed by atoms with Gasteiger partial charge in [-0.25, -0.2) is 0 Å². The van der Waals surface area contributed by atoms with Crippen LogP contribution in [0.25, 0.3) is 0 Å². The lowest BCUT2D eigenvalue weighted by molar-refractivity contribution is -0.255. The van der Waals surface area contributed by atoms with E-state index in [-0.39, 0.29) is 4.47 Å². The topological polar surface area (TPSA) is 40.1 Å². The van der Waals surface area contributed by atoms with Gasteiger partial charge in [-0.1, -0.05) is 22.0 Å². The summed E-state index contributed by atoms with van der Waals surface area (Å²) in [5, 5.41) is 10.4. The van der Waals surface area contributed by atoms with Crippen molar-refractivity contribution < 1.29 is 23.1 Å². The molecular formula is C8H3BrF3O2-. The Morgan fingerprint density at radius 1 is 1.36 bits per heavy atom. The number of aromatic carboxylic acids is 1. The van der Waals surface area contributed by atoms with Gasteiger partial charge < -0.3 is 9.90 Å². The van der Waals surface area contributed by atoms with Crippen LogP contribution in [0.2, 0.25) is 0 Å². The first-order valence-electron chi connectivity index (χ1n) is 3.41. The number of carboxylic acids is 1. The third-order valence-electron chi connectivity index (χ3n) is 1.52. The molecular weight excluding hydrogens is 265 g/mol. The lowest BCUT2D eigenvalue weighted by Crippen LogP contribution is -2.26. The van der Waals surface area contributed by atoms with Crippen LogP contribution in [-0.4, -0.2) is 5.97 Å². The Morgan fingerprint density at radius 3 is 2.29 bits per heavy atom. The predicted molar refractivity (Wildman–Crippen MR) is 43.5 cm³/mol. The molecule has 0 aromatic heterocycles. The lowest BCUT2D eigenvalue weighted by atomic mass is 10.1. The molecule has 0 aliphatic rings. The van der Waals surface area contributed by atoms with E-state index in [0.717, 1.165) is 6.07 Å². The molecule has 1 rings (SSSR count). The van der Waals surface area contributed by atoms with Gasteiger partial charge in [-0.15, -0.1) is 0 Å². The number of carbonyl (C=O) groups is 1. The number of alkyl halides is 3. The van der Waals surface area contributed by atoms with Gasteiger partial charge in [0.15, 0.2) is 0 Å². The zero-order valence-electron chi connectivity index (χ0n) is 6.56. The van der Waals surface area contributed by atoms with Gasteiger partial charge in [-0.3, -0.25) is 0 Å². The average Bonchev–Trinajstić information content (AvgIpc) is 2.01. The van der Waals surface area contributed by atoms with E-state index >= 15 is 0 Å². The molecule has 0 fully saturated rings. The van der Waals surface area contributed by atoms with Crippen LogP contribution in [0.5, 0.6) is 0 Å². The third kappa shape index (κ3) is 2.06. The number of rotatable bonds is 1. The molecule has 14 heavy (non-hydrogen) atoms. The van der Waals surface area contributed by atoms with Crippen molar-refractivity contribution in [2.45, 2.75) is 6.18 Å². The normalized spacial score (nSPS) is 11.4. The molecule has 1 aromatic rings. The monoisotopic (exact) mass is 267 g/mol. The van der Waals surface area contributed by atoms with Gasteiger partial charge in [-0.05, 0) is 12.1 Å². The van der Waals surface area contributed by atoms with Crippen molar-refractivity contribution in [1.82, 2.24) is 0 Å². The lowest BCUT2D eigenvalue weighted by Gasteiger charge is -2.14. The van der Waals surface area contributed by atoms with Gasteiger partial charge in [-0.2, -0.15) is 13.2 Å². The molecule has 0 aliphatic carbocycles. The highest BCUT2D eigenvalue weighted by Gasteiger charge is 2.34. The highest BCUT2D eigenvalue weighted by Crippen LogP contribution is 2.34. The van der Waals surface area contributed by atoms with Gasteiger partial charge in [0.1, 0.15) is 0 Å². The zero-order valence-corrected chi connectivity index (χ0v) is 8.15. The maximum Gasteiger partial charge on any atom is 0.417 e. The van der Waals surface area contributed by atoms with E-state index in [1.54, 1.807) is 0 Å². The Balaban J connectivity index is 3.44. The van der Waals surface area contributed by atoms with Crippen molar-refractivity contribution in [3.8, 4) is 0 Å². The highest BCUT2D eigenvalue weighted by molar-refractivity contribution is 9.10. The molecule has 6 heteroatoms. The smallest absolute Gasteiger partial charge is 0.417 e. The minimum absolute atomic E-state index is 0.146. The summed E-state index contributed by atoms with van der Waals surface area (Å²) in [7, 11) is 0. The summed E-state index contributed by atoms with van der Waals surface area (Å²) in [5.41, 5.74) is -2.09. The highest BCUT2D eigenvalue weighted by atomic mass is 79.9. The fraction of sp³-hybridized carbons (Fsp3) is 0.125. The molecule has 1 aromatic carbocycles. The van der Waals surface area contributed by atoms with Crippen LogP contribution in [0.4, 0.5) is 13.2 Å². The van der Waals surface area contributed by atoms with Crippen LogP contribution in [0.3, 0.4) is 0 Å². The van der Waals surface area contributed by atoms with Crippen molar-refractivity contribution in [3.63, 3.8) is 0 Å². The molecule has 0 aliphatic heterocycles. The molecule has 0 spiro atoms. The predicted octanol–water partition coefficient (Wildman–Crippen LogP) is 1.83. The van der Waals surface area contributed by atoms with Crippen molar-refractivity contribution in [1.29, 1.82) is 0 Å². The van der Waals surface area contributed by atoms with E-state index in [1.807, 2.05) is 0 Å². The largest absolute Gasteiger partial charge is 0.545 e. The number of benzene rings is 1. The second kappa shape index (κ2) is 3.61. The van der Waals surface area contributed by atoms with E-state index < -0.39 is 23.3 Å². The Morgan fingerprint density at radius 2 is 1.93 bits per heavy atom. The molecule has 0 amide bonds. The van der Waals surface area contributed by atoms with Crippen LogP contribution >= 0.6 is 15.9 Å². The summed E-state index contributed by atoms with van der Waals surface area (Å²) in [6, 6.07) is 3.01. The molecule has 0 atom stereocenters. The van der Waals surface area contributed by atoms with Crippen LogP contribution in [0, 0.1) is 0 Å². The van der Waals surface area contributed by atoms with Crippen LogP contribution < -0.4 is 5.11 Å². The molecule has 0 saturated carbocycles. The van der Waals surface area contributed by atoms with Crippen molar-refractivity contribution in [2.75, 3.05) is 0 Å². The molecule has 0 saturated heterocycles. The van der Waals surface area contributed by atoms with Gasteiger partial charge in [0.05, 0.1) is 11.5 Å². The second-order valence-electron chi connectivity index (χ2n) is 2.45. The maximum absolute atomic E-state index is 12.3. The standard InChI is InChI=1S/C8H4BrF3O2/c9-5-3-1-2-4(8(10,11)12)6(5)7(13)14/h1-3H,(H,13,14)/p-1. The van der Waals surface area contributed by atoms with E-state index in [9.17, 15) is 23.1 Å². The minimum atomic E-state index is -4.70. The Bertz CT molecular complexity index is 373. The first-order chi connectivity index (χ1) is 6.34. The quantitative estimate of drug-likeness (QED) is 0.779. The number of carbonyl (C=O) groups excluding carboxylic acids is 1. The maximum atomic E-state index is 12.3. The van der Waals surface area contributed by atoms with Crippen molar-refractivity contribution in [3.05, 3.63) is 33.8 Å². The third-order valence-corrected chi connectivity index (χ3v) is 2.18. The molecule has 0 unspecified atom stereocenters. The Kier molecular flexibility index (Phi) is 2.84. The zero-order chi connectivity index (χ0) is 10.9. The number of hydrogen-bond acceptors (Lipinski definition) is 2. The average molecular weight is 268 g/mol.